The third-order valence-electron chi connectivity index (χ3n) is 3.23. The lowest BCUT2D eigenvalue weighted by molar-refractivity contribution is -0.384. The van der Waals surface area contributed by atoms with Crippen LogP contribution in [-0.4, -0.2) is 19.4 Å². The van der Waals surface area contributed by atoms with Crippen LogP contribution in [0.3, 0.4) is 0 Å². The molecule has 0 amide bonds. The van der Waals surface area contributed by atoms with E-state index in [0.29, 0.717) is 5.56 Å². The van der Waals surface area contributed by atoms with Gasteiger partial charge in [0.25, 0.3) is 5.69 Å². The highest BCUT2D eigenvalue weighted by molar-refractivity contribution is 7.88. The zero-order chi connectivity index (χ0) is 16.2. The Morgan fingerprint density at radius 1 is 1.19 bits per heavy atom. The summed E-state index contributed by atoms with van der Waals surface area (Å²) in [6.45, 7) is 7.84. The van der Waals surface area contributed by atoms with Crippen molar-refractivity contribution in [1.29, 1.82) is 0 Å². The van der Waals surface area contributed by atoms with Crippen LogP contribution in [0.15, 0.2) is 24.3 Å². The predicted molar refractivity (Wildman–Crippen MR) is 82.3 cm³/mol. The standard InChI is InChI=1S/C14H22N2O4S/c1-10(2)14(11(3)4)15-21(19,20)9-12-6-5-7-13(8-12)16(17)18/h5-8,10-11,14-15H,9H2,1-4H3. The van der Waals surface area contributed by atoms with Crippen molar-refractivity contribution >= 4 is 15.7 Å². The van der Waals surface area contributed by atoms with Crippen molar-refractivity contribution in [2.45, 2.75) is 39.5 Å². The molecule has 1 aromatic rings. The Kier molecular flexibility index (Phi) is 5.86. The van der Waals surface area contributed by atoms with E-state index >= 15 is 0 Å². The maximum absolute atomic E-state index is 12.2. The summed E-state index contributed by atoms with van der Waals surface area (Å²) >= 11 is 0. The minimum absolute atomic E-state index is 0.105. The number of hydrogen-bond donors (Lipinski definition) is 1. The van der Waals surface area contributed by atoms with Crippen molar-refractivity contribution in [3.63, 3.8) is 0 Å². The van der Waals surface area contributed by atoms with Gasteiger partial charge in [-0.1, -0.05) is 39.8 Å². The number of non-ortho nitro benzene ring substituents is 1. The van der Waals surface area contributed by atoms with Crippen LogP contribution in [0.25, 0.3) is 0 Å². The molecule has 0 fully saturated rings. The first-order chi connectivity index (χ1) is 9.62. The summed E-state index contributed by atoms with van der Waals surface area (Å²) in [5.41, 5.74) is 0.301. The lowest BCUT2D eigenvalue weighted by Gasteiger charge is -2.25. The second kappa shape index (κ2) is 7.00. The first-order valence-electron chi connectivity index (χ1n) is 6.85. The van der Waals surface area contributed by atoms with Gasteiger partial charge in [-0.15, -0.1) is 0 Å². The summed E-state index contributed by atoms with van der Waals surface area (Å²) in [6.07, 6.45) is 0. The Morgan fingerprint density at radius 2 is 1.76 bits per heavy atom. The Morgan fingerprint density at radius 3 is 2.24 bits per heavy atom. The summed E-state index contributed by atoms with van der Waals surface area (Å²) in [4.78, 5) is 10.2. The predicted octanol–water partition coefficient (Wildman–Crippen LogP) is 2.69. The number of nitrogens with zero attached hydrogens (tertiary/aromatic N) is 1. The Balaban J connectivity index is 2.90. The number of sulfonamides is 1. The third kappa shape index (κ3) is 5.43. The third-order valence-corrected chi connectivity index (χ3v) is 4.57. The van der Waals surface area contributed by atoms with Crippen LogP contribution in [0.1, 0.15) is 33.3 Å². The molecule has 6 nitrogen and oxygen atoms in total. The molecule has 0 saturated carbocycles. The molecule has 0 bridgehead atoms. The minimum atomic E-state index is -3.54. The van der Waals surface area contributed by atoms with E-state index in [1.165, 1.54) is 18.2 Å². The van der Waals surface area contributed by atoms with Crippen molar-refractivity contribution in [2.24, 2.45) is 11.8 Å². The molecule has 0 aromatic heterocycles. The van der Waals surface area contributed by atoms with E-state index in [2.05, 4.69) is 4.72 Å². The summed E-state index contributed by atoms with van der Waals surface area (Å²) < 4.78 is 27.1. The van der Waals surface area contributed by atoms with Gasteiger partial charge in [-0.25, -0.2) is 13.1 Å². The average molecular weight is 314 g/mol. The van der Waals surface area contributed by atoms with E-state index in [9.17, 15) is 18.5 Å². The van der Waals surface area contributed by atoms with Gasteiger partial charge in [0.1, 0.15) is 0 Å². The van der Waals surface area contributed by atoms with Gasteiger partial charge in [-0.3, -0.25) is 10.1 Å². The van der Waals surface area contributed by atoms with E-state index < -0.39 is 14.9 Å². The molecule has 0 heterocycles. The van der Waals surface area contributed by atoms with Crippen molar-refractivity contribution in [2.75, 3.05) is 0 Å². The Hall–Kier alpha value is -1.47. The fourth-order valence-corrected chi connectivity index (χ4v) is 3.93. The number of nitro groups is 1. The molecule has 0 saturated heterocycles. The fraction of sp³-hybridized carbons (Fsp3) is 0.571. The van der Waals surface area contributed by atoms with Crippen LogP contribution in [-0.2, 0) is 15.8 Å². The normalized spacial score (nSPS) is 12.3. The monoisotopic (exact) mass is 314 g/mol. The van der Waals surface area contributed by atoms with Crippen molar-refractivity contribution in [1.82, 2.24) is 4.72 Å². The molecular weight excluding hydrogens is 292 g/mol. The molecule has 0 unspecified atom stereocenters. The van der Waals surface area contributed by atoms with Crippen molar-refractivity contribution in [3.05, 3.63) is 39.9 Å². The second-order valence-electron chi connectivity index (χ2n) is 5.82. The molecule has 7 heteroatoms. The fourth-order valence-electron chi connectivity index (χ4n) is 2.27. The van der Waals surface area contributed by atoms with E-state index in [4.69, 9.17) is 0 Å². The van der Waals surface area contributed by atoms with E-state index in [1.807, 2.05) is 27.7 Å². The highest BCUT2D eigenvalue weighted by atomic mass is 32.2. The maximum Gasteiger partial charge on any atom is 0.269 e. The SMILES string of the molecule is CC(C)C(NS(=O)(=O)Cc1cccc([N+](=O)[O-])c1)C(C)C. The summed E-state index contributed by atoms with van der Waals surface area (Å²) in [5.74, 6) is 0.0831. The van der Waals surface area contributed by atoms with E-state index in [-0.39, 0.29) is 29.3 Å². The summed E-state index contributed by atoms with van der Waals surface area (Å²) in [7, 11) is -3.54. The lowest BCUT2D eigenvalue weighted by atomic mass is 9.94. The van der Waals surface area contributed by atoms with Crippen LogP contribution >= 0.6 is 0 Å². The first kappa shape index (κ1) is 17.6. The van der Waals surface area contributed by atoms with Crippen LogP contribution in [0, 0.1) is 22.0 Å². The highest BCUT2D eigenvalue weighted by Gasteiger charge is 2.24. The van der Waals surface area contributed by atoms with Crippen LogP contribution in [0.2, 0.25) is 0 Å². The van der Waals surface area contributed by atoms with Crippen LogP contribution in [0.5, 0.6) is 0 Å². The zero-order valence-electron chi connectivity index (χ0n) is 12.7. The van der Waals surface area contributed by atoms with Gasteiger partial charge in [0.15, 0.2) is 0 Å². The number of benzene rings is 1. The molecule has 0 aliphatic carbocycles. The number of rotatable bonds is 7. The molecule has 1 aromatic carbocycles. The first-order valence-corrected chi connectivity index (χ1v) is 8.51. The molecule has 0 aliphatic rings. The smallest absolute Gasteiger partial charge is 0.258 e. The Bertz CT molecular complexity index is 589. The summed E-state index contributed by atoms with van der Waals surface area (Å²) in [6, 6.07) is 5.54. The molecule has 0 radical (unpaired) electrons. The largest absolute Gasteiger partial charge is 0.269 e. The van der Waals surface area contributed by atoms with Gasteiger partial charge in [0.05, 0.1) is 10.7 Å². The molecule has 0 aliphatic heterocycles. The molecule has 118 valence electrons. The topological polar surface area (TPSA) is 89.3 Å². The molecule has 21 heavy (non-hydrogen) atoms. The number of nitro benzene ring substituents is 1. The van der Waals surface area contributed by atoms with E-state index in [0.717, 1.165) is 0 Å². The second-order valence-corrected chi connectivity index (χ2v) is 7.57. The van der Waals surface area contributed by atoms with Gasteiger partial charge in [0.2, 0.25) is 10.0 Å². The average Bonchev–Trinajstić information content (AvgIpc) is 2.35. The quantitative estimate of drug-likeness (QED) is 0.619. The molecular formula is C14H22N2O4S. The highest BCUT2D eigenvalue weighted by Crippen LogP contribution is 2.17. The maximum atomic E-state index is 12.2. The van der Waals surface area contributed by atoms with Crippen molar-refractivity contribution in [3.8, 4) is 0 Å². The van der Waals surface area contributed by atoms with Gasteiger partial charge >= 0.3 is 0 Å². The Labute approximate surface area is 125 Å². The zero-order valence-corrected chi connectivity index (χ0v) is 13.6. The van der Waals surface area contributed by atoms with Crippen molar-refractivity contribution < 1.29 is 13.3 Å². The summed E-state index contributed by atoms with van der Waals surface area (Å²) in [5, 5.41) is 10.7. The van der Waals surface area contributed by atoms with Gasteiger partial charge < -0.3 is 0 Å². The van der Waals surface area contributed by atoms with Gasteiger partial charge in [0, 0.05) is 18.2 Å². The number of nitrogens with one attached hydrogen (secondary N) is 1. The van der Waals surface area contributed by atoms with Crippen LogP contribution in [0.4, 0.5) is 5.69 Å². The molecule has 1 rings (SSSR count). The minimum Gasteiger partial charge on any atom is -0.258 e. The van der Waals surface area contributed by atoms with Gasteiger partial charge in [-0.2, -0.15) is 0 Å². The number of hydrogen-bond acceptors (Lipinski definition) is 4. The molecule has 0 atom stereocenters. The van der Waals surface area contributed by atoms with Gasteiger partial charge in [-0.05, 0) is 17.4 Å². The van der Waals surface area contributed by atoms with E-state index in [1.54, 1.807) is 6.07 Å². The molecule has 1 N–H and O–H groups in total. The molecule has 0 spiro atoms. The van der Waals surface area contributed by atoms with Crippen LogP contribution < -0.4 is 4.72 Å². The lowest BCUT2D eigenvalue weighted by Crippen LogP contribution is -2.42.